The molecule has 2 aliphatic rings. The number of hydrogen-bond acceptors (Lipinski definition) is 9. The van der Waals surface area contributed by atoms with Crippen LogP contribution in [0.15, 0.2) is 30.5 Å². The van der Waals surface area contributed by atoms with Gasteiger partial charge < -0.3 is 21.5 Å². The SMILES string of the molecule is CS(=O)(=O)Cc1cc(Nc2cc(NC3CC3)n3ncc(C#N)c3n2)ccc1C1CC1CN.O=C(O)C(F)(F)F. The second kappa shape index (κ2) is 10.7. The van der Waals surface area contributed by atoms with Crippen molar-refractivity contribution in [1.82, 2.24) is 14.6 Å². The first-order valence-electron chi connectivity index (χ1n) is 11.9. The second-order valence-corrected chi connectivity index (χ2v) is 11.7. The van der Waals surface area contributed by atoms with Crippen molar-refractivity contribution >= 4 is 38.8 Å². The number of nitriles is 1. The van der Waals surface area contributed by atoms with Crippen molar-refractivity contribution in [3.05, 3.63) is 47.2 Å². The smallest absolute Gasteiger partial charge is 0.475 e. The van der Waals surface area contributed by atoms with Crippen LogP contribution in [-0.2, 0) is 20.4 Å². The number of nitrogens with zero attached hydrogens (tertiary/aromatic N) is 4. The third-order valence-corrected chi connectivity index (χ3v) is 7.06. The predicted molar refractivity (Wildman–Crippen MR) is 136 cm³/mol. The van der Waals surface area contributed by atoms with E-state index < -0.39 is 22.0 Å². The van der Waals surface area contributed by atoms with Crippen molar-refractivity contribution < 1.29 is 31.5 Å². The number of nitrogens with one attached hydrogen (secondary N) is 2. The number of sulfone groups is 1. The molecule has 0 radical (unpaired) electrons. The first-order chi connectivity index (χ1) is 18.3. The predicted octanol–water partition coefficient (Wildman–Crippen LogP) is 3.16. The maximum absolute atomic E-state index is 12.1. The van der Waals surface area contributed by atoms with Crippen LogP contribution >= 0.6 is 0 Å². The highest BCUT2D eigenvalue weighted by Crippen LogP contribution is 2.48. The molecule has 3 aromatic rings. The van der Waals surface area contributed by atoms with Gasteiger partial charge in [-0.15, -0.1) is 0 Å². The van der Waals surface area contributed by atoms with Crippen LogP contribution in [0.5, 0.6) is 0 Å². The number of halogens is 3. The summed E-state index contributed by atoms with van der Waals surface area (Å²) in [5, 5.41) is 27.5. The number of benzene rings is 1. The number of aromatic nitrogens is 3. The summed E-state index contributed by atoms with van der Waals surface area (Å²) in [5.41, 5.74) is 9.25. The molecule has 0 spiro atoms. The number of nitrogens with two attached hydrogens (primary N) is 1. The van der Waals surface area contributed by atoms with Gasteiger partial charge in [0.1, 0.15) is 23.3 Å². The largest absolute Gasteiger partial charge is 0.490 e. The summed E-state index contributed by atoms with van der Waals surface area (Å²) >= 11 is 0. The zero-order chi connectivity index (χ0) is 28.5. The maximum Gasteiger partial charge on any atom is 0.490 e. The Hall–Kier alpha value is -3.90. The summed E-state index contributed by atoms with van der Waals surface area (Å²) in [4.78, 5) is 13.5. The molecule has 0 bridgehead atoms. The highest BCUT2D eigenvalue weighted by molar-refractivity contribution is 7.89. The van der Waals surface area contributed by atoms with Crippen LogP contribution in [0.3, 0.4) is 0 Å². The minimum Gasteiger partial charge on any atom is -0.475 e. The van der Waals surface area contributed by atoms with E-state index in [9.17, 15) is 26.9 Å². The molecule has 0 saturated heterocycles. The molecule has 15 heteroatoms. The summed E-state index contributed by atoms with van der Waals surface area (Å²) in [5.74, 6) is -0.723. The minimum atomic E-state index is -5.08. The van der Waals surface area contributed by atoms with Gasteiger partial charge in [0.25, 0.3) is 0 Å². The van der Waals surface area contributed by atoms with Gasteiger partial charge in [-0.2, -0.15) is 28.0 Å². The number of carbonyl (C=O) groups is 1. The van der Waals surface area contributed by atoms with Crippen LogP contribution in [0.4, 0.5) is 30.5 Å². The third-order valence-electron chi connectivity index (χ3n) is 6.22. The van der Waals surface area contributed by atoms with Crippen LogP contribution in [0.2, 0.25) is 0 Å². The fourth-order valence-corrected chi connectivity index (χ4v) is 4.95. The molecule has 208 valence electrons. The fraction of sp³-hybridized carbons (Fsp3) is 0.417. The summed E-state index contributed by atoms with van der Waals surface area (Å²) in [6, 6.07) is 10.2. The van der Waals surface area contributed by atoms with Gasteiger partial charge in [0.05, 0.1) is 11.9 Å². The Balaban J connectivity index is 0.000000448. The van der Waals surface area contributed by atoms with Crippen LogP contribution in [0.25, 0.3) is 5.65 Å². The Morgan fingerprint density at radius 2 is 2.00 bits per heavy atom. The Morgan fingerprint density at radius 1 is 1.31 bits per heavy atom. The molecule has 5 rings (SSSR count). The molecular weight excluding hydrogens is 539 g/mol. The lowest BCUT2D eigenvalue weighted by atomic mass is 10.0. The van der Waals surface area contributed by atoms with E-state index in [0.29, 0.717) is 41.5 Å². The summed E-state index contributed by atoms with van der Waals surface area (Å²) in [7, 11) is -3.20. The van der Waals surface area contributed by atoms with Crippen molar-refractivity contribution in [2.75, 3.05) is 23.4 Å². The van der Waals surface area contributed by atoms with Gasteiger partial charge in [-0.1, -0.05) is 6.07 Å². The topological polar surface area (TPSA) is 175 Å². The molecule has 2 aliphatic carbocycles. The molecule has 2 heterocycles. The molecular formula is C24H26F3N7O4S. The number of anilines is 3. The fourth-order valence-electron chi connectivity index (χ4n) is 4.13. The Kier molecular flexibility index (Phi) is 7.71. The Bertz CT molecular complexity index is 1550. The average Bonchev–Trinajstić information content (AvgIpc) is 3.76. The first kappa shape index (κ1) is 28.1. The highest BCUT2D eigenvalue weighted by Gasteiger charge is 2.39. The number of hydrogen-bond donors (Lipinski definition) is 4. The van der Waals surface area contributed by atoms with Crippen LogP contribution in [-0.4, -0.2) is 59.1 Å². The molecule has 2 aromatic heterocycles. The molecule has 1 aromatic carbocycles. The van der Waals surface area contributed by atoms with Crippen molar-refractivity contribution in [2.45, 2.75) is 43.2 Å². The lowest BCUT2D eigenvalue weighted by Crippen LogP contribution is -2.21. The quantitative estimate of drug-likeness (QED) is 0.317. The van der Waals surface area contributed by atoms with Crippen LogP contribution in [0, 0.1) is 17.2 Å². The molecule has 0 amide bonds. The summed E-state index contributed by atoms with van der Waals surface area (Å²) in [6.07, 6.45) is 0.859. The van der Waals surface area contributed by atoms with Gasteiger partial charge in [0.15, 0.2) is 15.5 Å². The van der Waals surface area contributed by atoms with Crippen LogP contribution in [0.1, 0.15) is 41.9 Å². The van der Waals surface area contributed by atoms with Gasteiger partial charge in [0.2, 0.25) is 0 Å². The van der Waals surface area contributed by atoms with Gasteiger partial charge in [0, 0.05) is 24.1 Å². The molecule has 39 heavy (non-hydrogen) atoms. The third kappa shape index (κ3) is 7.15. The number of alkyl halides is 3. The minimum absolute atomic E-state index is 0.0200. The zero-order valence-electron chi connectivity index (χ0n) is 20.7. The average molecular weight is 566 g/mol. The van der Waals surface area contributed by atoms with Crippen molar-refractivity contribution in [1.29, 1.82) is 5.26 Å². The van der Waals surface area contributed by atoms with E-state index in [1.807, 2.05) is 24.3 Å². The first-order valence-corrected chi connectivity index (χ1v) is 14.0. The molecule has 2 saturated carbocycles. The standard InChI is InChI=1S/C22H25N7O2S.C2HF3O2/c1-32(30,31)12-14-6-17(4-5-18(14)19-7-13(19)9-23)26-20-8-21(27-16-2-3-16)29-22(28-20)15(10-24)11-25-29;3-2(4,5)1(6)7/h4-6,8,11,13,16,19,27H,2-3,7,9,12,23H2,1H3,(H,26,28);(H,6,7). The second-order valence-electron chi connectivity index (χ2n) is 9.60. The molecule has 2 atom stereocenters. The lowest BCUT2D eigenvalue weighted by molar-refractivity contribution is -0.192. The highest BCUT2D eigenvalue weighted by atomic mass is 32.2. The van der Waals surface area contributed by atoms with Crippen molar-refractivity contribution in [3.8, 4) is 6.07 Å². The van der Waals surface area contributed by atoms with E-state index in [0.717, 1.165) is 41.9 Å². The normalized spacial score (nSPS) is 18.6. The zero-order valence-corrected chi connectivity index (χ0v) is 21.6. The molecule has 5 N–H and O–H groups in total. The van der Waals surface area contributed by atoms with E-state index in [1.165, 1.54) is 12.5 Å². The number of carboxylic acid groups (broad SMARTS) is 1. The van der Waals surface area contributed by atoms with E-state index in [4.69, 9.17) is 15.6 Å². The number of carboxylic acids is 1. The summed E-state index contributed by atoms with van der Waals surface area (Å²) in [6.45, 7) is 0.607. The van der Waals surface area contributed by atoms with Crippen LogP contribution < -0.4 is 16.4 Å². The van der Waals surface area contributed by atoms with Crippen molar-refractivity contribution in [3.63, 3.8) is 0 Å². The monoisotopic (exact) mass is 565 g/mol. The molecule has 11 nitrogen and oxygen atoms in total. The van der Waals surface area contributed by atoms with E-state index in [1.54, 1.807) is 4.52 Å². The number of fused-ring (bicyclic) bond motifs is 1. The molecule has 0 aliphatic heterocycles. The molecule has 2 unspecified atom stereocenters. The van der Waals surface area contributed by atoms with Gasteiger partial charge in [-0.25, -0.2) is 18.2 Å². The van der Waals surface area contributed by atoms with Crippen molar-refractivity contribution in [2.24, 2.45) is 11.7 Å². The van der Waals surface area contributed by atoms with E-state index in [2.05, 4.69) is 26.8 Å². The Labute approximate surface area is 221 Å². The Morgan fingerprint density at radius 3 is 2.54 bits per heavy atom. The van der Waals surface area contributed by atoms with Gasteiger partial charge >= 0.3 is 12.1 Å². The number of aliphatic carboxylic acids is 1. The van der Waals surface area contributed by atoms with E-state index >= 15 is 0 Å². The number of rotatable bonds is 8. The summed E-state index contributed by atoms with van der Waals surface area (Å²) < 4.78 is 57.5. The van der Waals surface area contributed by atoms with Gasteiger partial charge in [-0.05, 0) is 60.9 Å². The molecule has 2 fully saturated rings. The lowest BCUT2D eigenvalue weighted by Gasteiger charge is -2.14. The van der Waals surface area contributed by atoms with E-state index in [-0.39, 0.29) is 5.75 Å². The maximum atomic E-state index is 12.1. The van der Waals surface area contributed by atoms with Gasteiger partial charge in [-0.3, -0.25) is 0 Å².